The minimum Gasteiger partial charge on any atom is -0.311 e. The second-order valence-corrected chi connectivity index (χ2v) is 4.49. The third-order valence-corrected chi connectivity index (χ3v) is 3.16. The summed E-state index contributed by atoms with van der Waals surface area (Å²) < 4.78 is 0. The van der Waals surface area contributed by atoms with E-state index in [1.54, 1.807) is 0 Å². The van der Waals surface area contributed by atoms with Gasteiger partial charge in [-0.2, -0.15) is 0 Å². The minimum absolute atomic E-state index is 0.730. The smallest absolute Gasteiger partial charge is 0.0223 e. The number of hydrogen-bond donors (Lipinski definition) is 1. The quantitative estimate of drug-likeness (QED) is 0.663. The van der Waals surface area contributed by atoms with Gasteiger partial charge >= 0.3 is 0 Å². The molecular weight excluding hydrogens is 148 g/mol. The predicted octanol–water partition coefficient (Wildman–Crippen LogP) is 1.08. The molecule has 0 aromatic heterocycles. The van der Waals surface area contributed by atoms with Gasteiger partial charge in [0.25, 0.3) is 0 Å². The van der Waals surface area contributed by atoms with Gasteiger partial charge in [-0.25, -0.2) is 0 Å². The van der Waals surface area contributed by atoms with E-state index in [4.69, 9.17) is 0 Å². The largest absolute Gasteiger partial charge is 0.311 e. The van der Waals surface area contributed by atoms with Crippen molar-refractivity contribution in [2.45, 2.75) is 38.8 Å². The van der Waals surface area contributed by atoms with Gasteiger partial charge in [-0.3, -0.25) is 4.90 Å². The second kappa shape index (κ2) is 3.35. The number of nitrogens with one attached hydrogen (secondary N) is 1. The summed E-state index contributed by atoms with van der Waals surface area (Å²) in [5.74, 6) is 1.01. The lowest BCUT2D eigenvalue weighted by Gasteiger charge is -2.36. The molecule has 0 aromatic carbocycles. The molecule has 12 heavy (non-hydrogen) atoms. The average Bonchev–Trinajstić information content (AvgIpc) is 2.87. The molecule has 1 saturated heterocycles. The summed E-state index contributed by atoms with van der Waals surface area (Å²) >= 11 is 0. The Morgan fingerprint density at radius 1 is 1.33 bits per heavy atom. The van der Waals surface area contributed by atoms with E-state index in [1.165, 1.54) is 32.5 Å². The molecule has 2 aliphatic rings. The Labute approximate surface area is 75.3 Å². The van der Waals surface area contributed by atoms with E-state index in [0.717, 1.165) is 18.0 Å². The van der Waals surface area contributed by atoms with Crippen molar-refractivity contribution in [1.82, 2.24) is 10.2 Å². The standard InChI is InChI=1S/C10H20N2/c1-8(2)12-6-5-11-10(7-12)9-3-4-9/h8-11H,3-7H2,1-2H3/t10-/m0/s1. The lowest BCUT2D eigenvalue weighted by atomic mass is 10.1. The number of rotatable bonds is 2. The fourth-order valence-electron chi connectivity index (χ4n) is 2.09. The Kier molecular flexibility index (Phi) is 2.37. The Bertz CT molecular complexity index is 144. The third kappa shape index (κ3) is 1.80. The zero-order valence-corrected chi connectivity index (χ0v) is 8.21. The predicted molar refractivity (Wildman–Crippen MR) is 51.2 cm³/mol. The monoisotopic (exact) mass is 168 g/mol. The molecule has 2 fully saturated rings. The molecule has 1 heterocycles. The van der Waals surface area contributed by atoms with Gasteiger partial charge in [0.15, 0.2) is 0 Å². The summed E-state index contributed by atoms with van der Waals surface area (Å²) in [5, 5.41) is 3.62. The molecule has 1 N–H and O–H groups in total. The Morgan fingerprint density at radius 2 is 2.08 bits per heavy atom. The fourth-order valence-corrected chi connectivity index (χ4v) is 2.09. The molecule has 1 aliphatic carbocycles. The van der Waals surface area contributed by atoms with E-state index < -0.39 is 0 Å². The molecule has 2 rings (SSSR count). The first-order valence-electron chi connectivity index (χ1n) is 5.25. The molecule has 2 heteroatoms. The van der Waals surface area contributed by atoms with Crippen molar-refractivity contribution in [2.75, 3.05) is 19.6 Å². The van der Waals surface area contributed by atoms with Crippen LogP contribution in [0.1, 0.15) is 26.7 Å². The van der Waals surface area contributed by atoms with Crippen LogP contribution in [0.15, 0.2) is 0 Å². The van der Waals surface area contributed by atoms with Gasteiger partial charge in [-0.1, -0.05) is 0 Å². The average molecular weight is 168 g/mol. The first-order chi connectivity index (χ1) is 5.77. The SMILES string of the molecule is CC(C)N1CCN[C@H](C2CC2)C1. The first-order valence-corrected chi connectivity index (χ1v) is 5.25. The van der Waals surface area contributed by atoms with Crippen molar-refractivity contribution in [3.63, 3.8) is 0 Å². The molecule has 2 nitrogen and oxygen atoms in total. The van der Waals surface area contributed by atoms with E-state index in [2.05, 4.69) is 24.1 Å². The highest BCUT2D eigenvalue weighted by Crippen LogP contribution is 2.33. The van der Waals surface area contributed by atoms with Crippen LogP contribution in [0.25, 0.3) is 0 Å². The zero-order chi connectivity index (χ0) is 8.55. The molecule has 70 valence electrons. The highest BCUT2D eigenvalue weighted by molar-refractivity contribution is 4.91. The van der Waals surface area contributed by atoms with Crippen LogP contribution < -0.4 is 5.32 Å². The molecule has 0 aromatic rings. The Balaban J connectivity index is 1.85. The number of hydrogen-bond acceptors (Lipinski definition) is 2. The van der Waals surface area contributed by atoms with Gasteiger partial charge in [0, 0.05) is 31.7 Å². The maximum atomic E-state index is 3.62. The zero-order valence-electron chi connectivity index (χ0n) is 8.21. The van der Waals surface area contributed by atoms with Crippen LogP contribution in [0.4, 0.5) is 0 Å². The van der Waals surface area contributed by atoms with Gasteiger partial charge in [-0.15, -0.1) is 0 Å². The fraction of sp³-hybridized carbons (Fsp3) is 1.00. The maximum Gasteiger partial charge on any atom is 0.0223 e. The van der Waals surface area contributed by atoms with Crippen molar-refractivity contribution in [1.29, 1.82) is 0 Å². The van der Waals surface area contributed by atoms with Crippen LogP contribution in [0.2, 0.25) is 0 Å². The summed E-state index contributed by atoms with van der Waals surface area (Å²) in [5.41, 5.74) is 0. The lowest BCUT2D eigenvalue weighted by molar-refractivity contribution is 0.153. The van der Waals surface area contributed by atoms with Crippen LogP contribution in [-0.2, 0) is 0 Å². The lowest BCUT2D eigenvalue weighted by Crippen LogP contribution is -2.53. The first kappa shape index (κ1) is 8.52. The normalized spacial score (nSPS) is 32.8. The molecule has 0 radical (unpaired) electrons. The van der Waals surface area contributed by atoms with Crippen LogP contribution >= 0.6 is 0 Å². The highest BCUT2D eigenvalue weighted by Gasteiger charge is 2.34. The summed E-state index contributed by atoms with van der Waals surface area (Å²) in [6.07, 6.45) is 2.92. The van der Waals surface area contributed by atoms with Crippen LogP contribution in [0, 0.1) is 5.92 Å². The third-order valence-electron chi connectivity index (χ3n) is 3.16. The van der Waals surface area contributed by atoms with Gasteiger partial charge in [-0.05, 0) is 32.6 Å². The van der Waals surface area contributed by atoms with Gasteiger partial charge in [0.05, 0.1) is 0 Å². The van der Waals surface area contributed by atoms with Gasteiger partial charge in [0.2, 0.25) is 0 Å². The number of nitrogens with zero attached hydrogens (tertiary/aromatic N) is 1. The molecule has 0 amide bonds. The van der Waals surface area contributed by atoms with Gasteiger partial charge in [0.1, 0.15) is 0 Å². The molecular formula is C10H20N2. The molecule has 0 bridgehead atoms. The topological polar surface area (TPSA) is 15.3 Å². The van der Waals surface area contributed by atoms with Crippen molar-refractivity contribution in [3.8, 4) is 0 Å². The summed E-state index contributed by atoms with van der Waals surface area (Å²) in [7, 11) is 0. The Morgan fingerprint density at radius 3 is 2.67 bits per heavy atom. The van der Waals surface area contributed by atoms with Crippen LogP contribution in [0.5, 0.6) is 0 Å². The van der Waals surface area contributed by atoms with E-state index >= 15 is 0 Å². The number of piperazine rings is 1. The maximum absolute atomic E-state index is 3.62. The highest BCUT2D eigenvalue weighted by atomic mass is 15.2. The second-order valence-electron chi connectivity index (χ2n) is 4.49. The molecule has 0 spiro atoms. The summed E-state index contributed by atoms with van der Waals surface area (Å²) in [6.45, 7) is 8.31. The minimum atomic E-state index is 0.730. The summed E-state index contributed by atoms with van der Waals surface area (Å²) in [4.78, 5) is 2.60. The van der Waals surface area contributed by atoms with E-state index in [-0.39, 0.29) is 0 Å². The van der Waals surface area contributed by atoms with Crippen LogP contribution in [-0.4, -0.2) is 36.6 Å². The van der Waals surface area contributed by atoms with E-state index in [9.17, 15) is 0 Å². The van der Waals surface area contributed by atoms with Crippen LogP contribution in [0.3, 0.4) is 0 Å². The van der Waals surface area contributed by atoms with Crippen molar-refractivity contribution >= 4 is 0 Å². The Hall–Kier alpha value is -0.0800. The molecule has 1 atom stereocenters. The van der Waals surface area contributed by atoms with Crippen molar-refractivity contribution < 1.29 is 0 Å². The summed E-state index contributed by atoms with van der Waals surface area (Å²) in [6, 6.07) is 1.54. The van der Waals surface area contributed by atoms with Crippen molar-refractivity contribution in [2.24, 2.45) is 5.92 Å². The molecule has 0 unspecified atom stereocenters. The van der Waals surface area contributed by atoms with E-state index in [1.807, 2.05) is 0 Å². The molecule has 1 aliphatic heterocycles. The van der Waals surface area contributed by atoms with E-state index in [0.29, 0.717) is 0 Å². The van der Waals surface area contributed by atoms with Gasteiger partial charge < -0.3 is 5.32 Å². The molecule has 1 saturated carbocycles. The van der Waals surface area contributed by atoms with Crippen molar-refractivity contribution in [3.05, 3.63) is 0 Å².